The summed E-state index contributed by atoms with van der Waals surface area (Å²) in [7, 11) is 0. The third-order valence-corrected chi connectivity index (χ3v) is 4.69. The van der Waals surface area contributed by atoms with Gasteiger partial charge in [0, 0.05) is 11.3 Å². The lowest BCUT2D eigenvalue weighted by Crippen LogP contribution is -2.22. The fourth-order valence-corrected chi connectivity index (χ4v) is 3.15. The molecular weight excluding hydrogens is 348 g/mol. The third kappa shape index (κ3) is 3.20. The Morgan fingerprint density at radius 1 is 0.923 bits per heavy atom. The number of nitrogens with one attached hydrogen (secondary N) is 2. The van der Waals surface area contributed by atoms with Crippen LogP contribution in [0, 0.1) is 0 Å². The van der Waals surface area contributed by atoms with E-state index < -0.39 is 0 Å². The van der Waals surface area contributed by atoms with Gasteiger partial charge in [-0.2, -0.15) is 0 Å². The Labute approximate surface area is 153 Å². The molecule has 0 atom stereocenters. The van der Waals surface area contributed by atoms with E-state index in [1.807, 2.05) is 35.7 Å². The van der Waals surface area contributed by atoms with Crippen molar-refractivity contribution >= 4 is 39.9 Å². The molecule has 6 nitrogen and oxygen atoms in total. The van der Waals surface area contributed by atoms with Crippen LogP contribution < -0.4 is 10.7 Å². The number of rotatable bonds is 4. The minimum Gasteiger partial charge on any atom is -0.321 e. The van der Waals surface area contributed by atoms with E-state index >= 15 is 0 Å². The molecule has 0 fully saturated rings. The first-order chi connectivity index (χ1) is 12.7. The standard InChI is InChI=1S/C19H14N4O2S/c24-18(22-23-12-20-15-4-1-2-5-16(15)23)13-7-9-14(10-8-13)21-19(25)17-6-3-11-26-17/h1-12H,(H,21,25)(H,22,24). The smallest absolute Gasteiger partial charge is 0.270 e. The molecule has 0 aliphatic carbocycles. The predicted molar refractivity (Wildman–Crippen MR) is 102 cm³/mol. The molecule has 0 saturated heterocycles. The number of para-hydroxylation sites is 2. The van der Waals surface area contributed by atoms with Gasteiger partial charge in [-0.3, -0.25) is 15.0 Å². The van der Waals surface area contributed by atoms with Gasteiger partial charge in [0.2, 0.25) is 0 Å². The number of imidazole rings is 1. The first kappa shape index (κ1) is 16.0. The Kier molecular flexibility index (Phi) is 4.20. The van der Waals surface area contributed by atoms with Crippen molar-refractivity contribution in [3.8, 4) is 0 Å². The monoisotopic (exact) mass is 362 g/mol. The maximum atomic E-state index is 12.4. The topological polar surface area (TPSA) is 76.0 Å². The Morgan fingerprint density at radius 2 is 1.73 bits per heavy atom. The highest BCUT2D eigenvalue weighted by atomic mass is 32.1. The number of benzene rings is 2. The van der Waals surface area contributed by atoms with Crippen LogP contribution >= 0.6 is 11.3 Å². The van der Waals surface area contributed by atoms with Crippen molar-refractivity contribution in [2.45, 2.75) is 0 Å². The number of aromatic nitrogens is 2. The average Bonchev–Trinajstić information content (AvgIpc) is 3.33. The number of carbonyl (C=O) groups excluding carboxylic acids is 2. The second-order valence-corrected chi connectivity index (χ2v) is 6.50. The predicted octanol–water partition coefficient (Wildman–Crippen LogP) is 3.73. The summed E-state index contributed by atoms with van der Waals surface area (Å²) in [5.74, 6) is -0.425. The van der Waals surface area contributed by atoms with Crippen molar-refractivity contribution in [1.29, 1.82) is 0 Å². The number of fused-ring (bicyclic) bond motifs is 1. The summed E-state index contributed by atoms with van der Waals surface area (Å²) in [6.07, 6.45) is 1.57. The molecule has 2 aromatic heterocycles. The van der Waals surface area contributed by atoms with E-state index in [0.29, 0.717) is 16.1 Å². The molecule has 0 saturated carbocycles. The van der Waals surface area contributed by atoms with Crippen LogP contribution in [0.1, 0.15) is 20.0 Å². The number of hydrogen-bond acceptors (Lipinski definition) is 4. The maximum Gasteiger partial charge on any atom is 0.270 e. The van der Waals surface area contributed by atoms with Gasteiger partial charge in [-0.25, -0.2) is 9.66 Å². The molecule has 7 heteroatoms. The van der Waals surface area contributed by atoms with Gasteiger partial charge in [0.25, 0.3) is 11.8 Å². The molecule has 0 unspecified atom stereocenters. The van der Waals surface area contributed by atoms with Crippen molar-refractivity contribution in [2.75, 3.05) is 10.7 Å². The number of amides is 2. The molecule has 4 rings (SSSR count). The molecular formula is C19H14N4O2S. The summed E-state index contributed by atoms with van der Waals surface area (Å²) in [5.41, 5.74) is 5.53. The normalized spacial score (nSPS) is 10.6. The van der Waals surface area contributed by atoms with Crippen LogP contribution in [-0.2, 0) is 0 Å². The fraction of sp³-hybridized carbons (Fsp3) is 0. The number of carbonyl (C=O) groups is 2. The number of anilines is 1. The lowest BCUT2D eigenvalue weighted by Gasteiger charge is -2.08. The quantitative estimate of drug-likeness (QED) is 0.581. The van der Waals surface area contributed by atoms with E-state index in [0.717, 1.165) is 11.0 Å². The average molecular weight is 362 g/mol. The number of thiophene rings is 1. The zero-order chi connectivity index (χ0) is 17.9. The Bertz CT molecular complexity index is 1070. The molecule has 2 heterocycles. The first-order valence-corrected chi connectivity index (χ1v) is 8.77. The van der Waals surface area contributed by atoms with Crippen molar-refractivity contribution in [2.24, 2.45) is 0 Å². The Balaban J connectivity index is 1.46. The minimum atomic E-state index is -0.260. The number of hydrogen-bond donors (Lipinski definition) is 2. The second kappa shape index (κ2) is 6.81. The van der Waals surface area contributed by atoms with Crippen LogP contribution in [0.3, 0.4) is 0 Å². The summed E-state index contributed by atoms with van der Waals surface area (Å²) in [5, 5.41) is 4.65. The molecule has 0 bridgehead atoms. The van der Waals surface area contributed by atoms with Gasteiger partial charge in [-0.05, 0) is 47.8 Å². The summed E-state index contributed by atoms with van der Waals surface area (Å²) in [6, 6.07) is 17.9. The van der Waals surface area contributed by atoms with Crippen LogP contribution in [0.4, 0.5) is 5.69 Å². The first-order valence-electron chi connectivity index (χ1n) is 7.89. The fourth-order valence-electron chi connectivity index (χ4n) is 2.53. The van der Waals surface area contributed by atoms with Crippen molar-refractivity contribution in [3.63, 3.8) is 0 Å². The second-order valence-electron chi connectivity index (χ2n) is 5.55. The molecule has 4 aromatic rings. The van der Waals surface area contributed by atoms with E-state index in [1.165, 1.54) is 11.3 Å². The van der Waals surface area contributed by atoms with Gasteiger partial charge in [0.05, 0.1) is 15.9 Å². The maximum absolute atomic E-state index is 12.4. The van der Waals surface area contributed by atoms with Gasteiger partial charge >= 0.3 is 0 Å². The van der Waals surface area contributed by atoms with Gasteiger partial charge in [0.1, 0.15) is 6.33 Å². The largest absolute Gasteiger partial charge is 0.321 e. The SMILES string of the molecule is O=C(Nn1cnc2ccccc21)c1ccc(NC(=O)c2cccs2)cc1. The highest BCUT2D eigenvalue weighted by molar-refractivity contribution is 7.12. The van der Waals surface area contributed by atoms with Gasteiger partial charge in [-0.1, -0.05) is 18.2 Å². The van der Waals surface area contributed by atoms with Crippen molar-refractivity contribution in [1.82, 2.24) is 9.66 Å². The van der Waals surface area contributed by atoms with E-state index in [1.54, 1.807) is 41.3 Å². The molecule has 26 heavy (non-hydrogen) atoms. The Morgan fingerprint density at radius 3 is 2.50 bits per heavy atom. The lowest BCUT2D eigenvalue weighted by atomic mass is 10.2. The minimum absolute atomic E-state index is 0.165. The molecule has 128 valence electrons. The summed E-state index contributed by atoms with van der Waals surface area (Å²) >= 11 is 1.38. The van der Waals surface area contributed by atoms with Gasteiger partial charge < -0.3 is 5.32 Å². The van der Waals surface area contributed by atoms with Crippen LogP contribution in [-0.4, -0.2) is 21.5 Å². The van der Waals surface area contributed by atoms with E-state index in [-0.39, 0.29) is 11.8 Å². The van der Waals surface area contributed by atoms with Crippen LogP contribution in [0.25, 0.3) is 11.0 Å². The van der Waals surface area contributed by atoms with Crippen molar-refractivity contribution < 1.29 is 9.59 Å². The molecule has 2 aromatic carbocycles. The van der Waals surface area contributed by atoms with E-state index in [2.05, 4.69) is 15.7 Å². The molecule has 0 spiro atoms. The van der Waals surface area contributed by atoms with E-state index in [9.17, 15) is 9.59 Å². The summed E-state index contributed by atoms with van der Waals surface area (Å²) < 4.78 is 1.59. The van der Waals surface area contributed by atoms with Crippen LogP contribution in [0.5, 0.6) is 0 Å². The van der Waals surface area contributed by atoms with Gasteiger partial charge in [0.15, 0.2) is 0 Å². The summed E-state index contributed by atoms with van der Waals surface area (Å²) in [6.45, 7) is 0. The third-order valence-electron chi connectivity index (χ3n) is 3.83. The van der Waals surface area contributed by atoms with Crippen LogP contribution in [0.2, 0.25) is 0 Å². The Hall–Kier alpha value is -3.45. The highest BCUT2D eigenvalue weighted by Crippen LogP contribution is 2.15. The molecule has 0 aliphatic rings. The van der Waals surface area contributed by atoms with E-state index in [4.69, 9.17) is 0 Å². The molecule has 2 amide bonds. The van der Waals surface area contributed by atoms with Crippen LogP contribution in [0.15, 0.2) is 72.4 Å². The molecule has 0 aliphatic heterocycles. The lowest BCUT2D eigenvalue weighted by molar-refractivity contribution is 0.101. The number of nitrogens with zero attached hydrogens (tertiary/aromatic N) is 2. The summed E-state index contributed by atoms with van der Waals surface area (Å²) in [4.78, 5) is 29.3. The zero-order valence-electron chi connectivity index (χ0n) is 13.5. The van der Waals surface area contributed by atoms with Gasteiger partial charge in [-0.15, -0.1) is 11.3 Å². The molecule has 2 N–H and O–H groups in total. The zero-order valence-corrected chi connectivity index (χ0v) is 14.4. The molecule has 0 radical (unpaired) electrons. The van der Waals surface area contributed by atoms with Crippen molar-refractivity contribution in [3.05, 3.63) is 82.8 Å². The highest BCUT2D eigenvalue weighted by Gasteiger charge is 2.10.